The molecule has 4 atom stereocenters. The van der Waals surface area contributed by atoms with Gasteiger partial charge in [-0.25, -0.2) is 4.79 Å². The van der Waals surface area contributed by atoms with Crippen molar-refractivity contribution in [1.82, 2.24) is 10.2 Å². The maximum absolute atomic E-state index is 14.8. The van der Waals surface area contributed by atoms with E-state index in [1.807, 2.05) is 101 Å². The fourth-order valence-electron chi connectivity index (χ4n) is 8.11. The molecule has 11 heteroatoms. The summed E-state index contributed by atoms with van der Waals surface area (Å²) in [5.41, 5.74) is 5.76. The second-order valence-electron chi connectivity index (χ2n) is 15.2. The number of methoxy groups -OCH3 is 1. The summed E-state index contributed by atoms with van der Waals surface area (Å²) >= 11 is 0. The lowest BCUT2D eigenvalue weighted by Gasteiger charge is -2.49. The Balaban J connectivity index is 1.43. The van der Waals surface area contributed by atoms with E-state index in [0.717, 1.165) is 38.9 Å². The van der Waals surface area contributed by atoms with Gasteiger partial charge in [-0.05, 0) is 69.7 Å². The zero-order chi connectivity index (χ0) is 38.1. The van der Waals surface area contributed by atoms with Gasteiger partial charge in [-0.3, -0.25) is 4.90 Å². The molecule has 4 aromatic rings. The van der Waals surface area contributed by atoms with E-state index in [4.69, 9.17) is 28.4 Å². The first kappa shape index (κ1) is 37.3. The molecule has 0 saturated carbocycles. The molecule has 3 N–H and O–H groups in total. The summed E-state index contributed by atoms with van der Waals surface area (Å²) in [6.45, 7) is 9.90. The minimum absolute atomic E-state index is 0.00405. The Hall–Kier alpha value is -4.97. The fourth-order valence-corrected chi connectivity index (χ4v) is 8.11. The topological polar surface area (TPSA) is 128 Å². The van der Waals surface area contributed by atoms with Gasteiger partial charge in [0, 0.05) is 28.3 Å². The van der Waals surface area contributed by atoms with E-state index in [-0.39, 0.29) is 38.2 Å². The molecule has 0 spiro atoms. The smallest absolute Gasteiger partial charge is 0.411 e. The molecule has 0 aliphatic carbocycles. The van der Waals surface area contributed by atoms with Gasteiger partial charge in [0.2, 0.25) is 6.79 Å². The molecule has 3 heterocycles. The lowest BCUT2D eigenvalue weighted by atomic mass is 9.78. The van der Waals surface area contributed by atoms with E-state index in [9.17, 15) is 15.0 Å². The van der Waals surface area contributed by atoms with Gasteiger partial charge in [-0.2, -0.15) is 0 Å². The van der Waals surface area contributed by atoms with Crippen molar-refractivity contribution in [1.29, 1.82) is 0 Å². The molecule has 4 aromatic carbocycles. The van der Waals surface area contributed by atoms with Crippen molar-refractivity contribution in [3.8, 4) is 28.7 Å². The van der Waals surface area contributed by atoms with Crippen LogP contribution in [0.4, 0.5) is 4.79 Å². The van der Waals surface area contributed by atoms with Gasteiger partial charge in [0.05, 0.1) is 45.1 Å². The molecule has 0 aromatic heterocycles. The van der Waals surface area contributed by atoms with Gasteiger partial charge in [0.1, 0.15) is 18.0 Å². The maximum atomic E-state index is 14.8. The molecule has 0 saturated heterocycles. The van der Waals surface area contributed by atoms with E-state index in [1.165, 1.54) is 7.11 Å². The third-order valence-electron chi connectivity index (χ3n) is 10.4. The number of aliphatic hydroxyl groups is 1. The van der Waals surface area contributed by atoms with Crippen LogP contribution in [0, 0.1) is 13.8 Å². The number of benzene rings is 4. The highest BCUT2D eigenvalue weighted by atomic mass is 16.7. The maximum Gasteiger partial charge on any atom is 0.411 e. The Morgan fingerprint density at radius 3 is 2.24 bits per heavy atom. The third kappa shape index (κ3) is 7.28. The second kappa shape index (κ2) is 15.4. The minimum Gasteiger partial charge on any atom is -0.504 e. The van der Waals surface area contributed by atoms with Gasteiger partial charge in [0.15, 0.2) is 23.0 Å². The lowest BCUT2D eigenvalue weighted by molar-refractivity contribution is -0.0269. The summed E-state index contributed by atoms with van der Waals surface area (Å²) in [5.74, 6) is 2.10. The molecular weight excluding hydrogens is 688 g/mol. The number of nitrogens with one attached hydrogen (secondary N) is 1. The average molecular weight is 739 g/mol. The quantitative estimate of drug-likeness (QED) is 0.157. The summed E-state index contributed by atoms with van der Waals surface area (Å²) < 4.78 is 37.4. The van der Waals surface area contributed by atoms with Crippen LogP contribution in [0.2, 0.25) is 0 Å². The standard InChI is InChI=1S/C43H50N2O9/c1-25-17-29-18-30(20-46)44-36(34(29)37(47)38(25)49-6)32-19-31-35(41-40(52-24-53-41)26(2)39(31)51-22-28-15-11-8-12-16-28)33(45(32)42(48)54-43(3,4)5)23-50-21-27-13-9-7-10-14-27/h7-17,30,32-33,36,44,46-47H,18-24H2,1-6H3. The molecule has 0 radical (unpaired) electrons. The highest BCUT2D eigenvalue weighted by molar-refractivity contribution is 5.74. The van der Waals surface area contributed by atoms with E-state index < -0.39 is 29.8 Å². The SMILES string of the molecule is COc1c(C)cc2c(c1O)C(C1Cc3c(OCc4ccccc4)c(C)c4c(c3C(COCc3ccccc3)N1C(=O)OC(C)(C)C)OCO4)NC(CO)C2. The summed E-state index contributed by atoms with van der Waals surface area (Å²) in [7, 11) is 1.53. The average Bonchev–Trinajstić information content (AvgIpc) is 3.64. The monoisotopic (exact) mass is 738 g/mol. The zero-order valence-corrected chi connectivity index (χ0v) is 31.8. The van der Waals surface area contributed by atoms with Crippen molar-refractivity contribution in [2.45, 2.75) is 90.4 Å². The fraction of sp³-hybridized carbons (Fsp3) is 0.419. The number of aromatic hydroxyl groups is 1. The van der Waals surface area contributed by atoms with Crippen molar-refractivity contribution in [2.24, 2.45) is 0 Å². The number of carbonyl (C=O) groups is 1. The van der Waals surface area contributed by atoms with Crippen LogP contribution in [-0.2, 0) is 35.5 Å². The van der Waals surface area contributed by atoms with Gasteiger partial charge in [-0.15, -0.1) is 0 Å². The highest BCUT2D eigenvalue weighted by Gasteiger charge is 2.50. The number of carbonyl (C=O) groups excluding carboxylic acids is 1. The van der Waals surface area contributed by atoms with Crippen molar-refractivity contribution in [2.75, 3.05) is 27.1 Å². The van der Waals surface area contributed by atoms with Crippen molar-refractivity contribution >= 4 is 6.09 Å². The van der Waals surface area contributed by atoms with Crippen molar-refractivity contribution in [3.05, 3.63) is 111 Å². The molecule has 0 fully saturated rings. The number of phenols is 1. The molecule has 3 aliphatic rings. The van der Waals surface area contributed by atoms with Crippen LogP contribution >= 0.6 is 0 Å². The second-order valence-corrected chi connectivity index (χ2v) is 15.2. The number of hydrogen-bond donors (Lipinski definition) is 3. The molecular formula is C43H50N2O9. The summed E-state index contributed by atoms with van der Waals surface area (Å²) in [6, 6.07) is 19.4. The Bertz CT molecular complexity index is 1980. The van der Waals surface area contributed by atoms with Gasteiger partial charge in [0.25, 0.3) is 0 Å². The van der Waals surface area contributed by atoms with Crippen LogP contribution in [0.5, 0.6) is 28.7 Å². The summed E-state index contributed by atoms with van der Waals surface area (Å²) in [5, 5.41) is 26.1. The first-order valence-electron chi connectivity index (χ1n) is 18.5. The Kier molecular flexibility index (Phi) is 10.7. The number of nitrogens with zero attached hydrogens (tertiary/aromatic N) is 1. The number of aliphatic hydroxyl groups excluding tert-OH is 1. The zero-order valence-electron chi connectivity index (χ0n) is 31.8. The van der Waals surface area contributed by atoms with E-state index in [1.54, 1.807) is 4.90 Å². The van der Waals surface area contributed by atoms with Crippen molar-refractivity contribution in [3.63, 3.8) is 0 Å². The number of ether oxygens (including phenoxy) is 6. The van der Waals surface area contributed by atoms with Crippen LogP contribution < -0.4 is 24.3 Å². The first-order valence-corrected chi connectivity index (χ1v) is 18.5. The van der Waals surface area contributed by atoms with E-state index in [2.05, 4.69) is 5.32 Å². The van der Waals surface area contributed by atoms with E-state index in [0.29, 0.717) is 48.2 Å². The normalized spacial score (nSPS) is 20.2. The number of amides is 1. The van der Waals surface area contributed by atoms with Gasteiger partial charge in [-0.1, -0.05) is 66.7 Å². The molecule has 4 unspecified atom stereocenters. The summed E-state index contributed by atoms with van der Waals surface area (Å²) in [4.78, 5) is 16.5. The predicted octanol–water partition coefficient (Wildman–Crippen LogP) is 6.99. The molecule has 1 amide bonds. The largest absolute Gasteiger partial charge is 0.504 e. The number of rotatable bonds is 10. The number of phenolic OH excluding ortho intramolecular Hbond substituents is 1. The third-order valence-corrected chi connectivity index (χ3v) is 10.4. The molecule has 286 valence electrons. The van der Waals surface area contributed by atoms with Gasteiger partial charge >= 0.3 is 6.09 Å². The summed E-state index contributed by atoms with van der Waals surface area (Å²) in [6.07, 6.45) is 0.207. The Labute approximate surface area is 316 Å². The molecule has 54 heavy (non-hydrogen) atoms. The van der Waals surface area contributed by atoms with Crippen LogP contribution in [-0.4, -0.2) is 66.0 Å². The van der Waals surface area contributed by atoms with Crippen LogP contribution in [0.15, 0.2) is 66.7 Å². The van der Waals surface area contributed by atoms with E-state index >= 15 is 0 Å². The Morgan fingerprint density at radius 2 is 1.59 bits per heavy atom. The molecule has 7 rings (SSSR count). The van der Waals surface area contributed by atoms with Crippen LogP contribution in [0.1, 0.15) is 77.4 Å². The highest BCUT2D eigenvalue weighted by Crippen LogP contribution is 2.55. The number of hydrogen-bond acceptors (Lipinski definition) is 10. The predicted molar refractivity (Wildman–Crippen MR) is 202 cm³/mol. The molecule has 11 nitrogen and oxygen atoms in total. The minimum atomic E-state index is -0.829. The van der Waals surface area contributed by atoms with Crippen LogP contribution in [0.3, 0.4) is 0 Å². The van der Waals surface area contributed by atoms with Gasteiger partial charge < -0.3 is 44.0 Å². The lowest BCUT2D eigenvalue weighted by Crippen LogP contribution is -2.58. The number of aryl methyl sites for hydroxylation is 1. The molecule has 3 aliphatic heterocycles. The molecule has 0 bridgehead atoms. The van der Waals surface area contributed by atoms with Crippen molar-refractivity contribution < 1.29 is 43.4 Å². The first-order chi connectivity index (χ1) is 26.0. The van der Waals surface area contributed by atoms with Crippen LogP contribution in [0.25, 0.3) is 0 Å². The number of fused-ring (bicyclic) bond motifs is 4. The Morgan fingerprint density at radius 1 is 0.926 bits per heavy atom.